The first-order chi connectivity index (χ1) is 20.4. The van der Waals surface area contributed by atoms with Crippen LogP contribution in [0.15, 0.2) is 114 Å². The Morgan fingerprint density at radius 3 is 2.29 bits per heavy atom. The summed E-state index contributed by atoms with van der Waals surface area (Å²) in [6, 6.07) is 30.2. The molecule has 0 aliphatic carbocycles. The second-order valence-electron chi connectivity index (χ2n) is 8.90. The summed E-state index contributed by atoms with van der Waals surface area (Å²) < 4.78 is 10.9. The number of amides is 3. The number of thioether (sulfide) groups is 1. The van der Waals surface area contributed by atoms with Crippen molar-refractivity contribution in [2.75, 3.05) is 30.1 Å². The van der Waals surface area contributed by atoms with E-state index in [1.54, 1.807) is 92.0 Å². The van der Waals surface area contributed by atoms with Crippen LogP contribution in [-0.4, -0.2) is 37.2 Å². The third kappa shape index (κ3) is 8.74. The zero-order valence-corrected chi connectivity index (χ0v) is 24.1. The lowest BCUT2D eigenvalue weighted by molar-refractivity contribution is -0.114. The molecule has 0 saturated carbocycles. The molecule has 3 amide bonds. The zero-order chi connectivity index (χ0) is 29.7. The van der Waals surface area contributed by atoms with E-state index in [0.29, 0.717) is 40.6 Å². The topological polar surface area (TPSA) is 106 Å². The summed E-state index contributed by atoms with van der Waals surface area (Å²) >= 11 is 1.33. The predicted molar refractivity (Wildman–Crippen MR) is 167 cm³/mol. The van der Waals surface area contributed by atoms with E-state index in [1.807, 2.05) is 31.2 Å². The van der Waals surface area contributed by atoms with Crippen molar-refractivity contribution in [3.8, 4) is 11.5 Å². The number of carbonyl (C=O) groups is 3. The van der Waals surface area contributed by atoms with Gasteiger partial charge in [0, 0.05) is 33.5 Å². The highest BCUT2D eigenvalue weighted by Crippen LogP contribution is 2.24. The molecule has 0 radical (unpaired) electrons. The van der Waals surface area contributed by atoms with Crippen molar-refractivity contribution >= 4 is 46.9 Å². The second kappa shape index (κ2) is 15.1. The van der Waals surface area contributed by atoms with Crippen LogP contribution in [0, 0.1) is 0 Å². The van der Waals surface area contributed by atoms with Gasteiger partial charge in [-0.05, 0) is 61.5 Å². The largest absolute Gasteiger partial charge is 0.497 e. The van der Waals surface area contributed by atoms with Gasteiger partial charge in [0.05, 0.1) is 19.5 Å². The highest BCUT2D eigenvalue weighted by atomic mass is 32.2. The monoisotopic (exact) mass is 581 g/mol. The van der Waals surface area contributed by atoms with Crippen LogP contribution in [-0.2, 0) is 9.59 Å². The normalized spacial score (nSPS) is 10.9. The van der Waals surface area contributed by atoms with Crippen molar-refractivity contribution in [1.82, 2.24) is 5.32 Å². The molecule has 4 rings (SSSR count). The number of hydrogen-bond acceptors (Lipinski definition) is 6. The van der Waals surface area contributed by atoms with Gasteiger partial charge < -0.3 is 25.4 Å². The molecular formula is C33H31N3O5S. The lowest BCUT2D eigenvalue weighted by atomic mass is 10.1. The number of nitrogens with one attached hydrogen (secondary N) is 3. The van der Waals surface area contributed by atoms with E-state index < -0.39 is 11.8 Å². The zero-order valence-electron chi connectivity index (χ0n) is 23.3. The molecule has 42 heavy (non-hydrogen) atoms. The summed E-state index contributed by atoms with van der Waals surface area (Å²) in [5.74, 6) is 0.301. The van der Waals surface area contributed by atoms with Gasteiger partial charge in [-0.2, -0.15) is 0 Å². The van der Waals surface area contributed by atoms with Gasteiger partial charge in [0.1, 0.15) is 17.2 Å². The SMILES string of the molecule is CCOc1ccccc1/C=C(/NC(=O)c1ccccc1)C(=O)Nc1cccc(SCC(=O)Nc2cccc(OC)c2)c1. The lowest BCUT2D eigenvalue weighted by Gasteiger charge is -2.13. The second-order valence-corrected chi connectivity index (χ2v) is 9.95. The van der Waals surface area contributed by atoms with Gasteiger partial charge >= 0.3 is 0 Å². The van der Waals surface area contributed by atoms with E-state index in [9.17, 15) is 14.4 Å². The van der Waals surface area contributed by atoms with Gasteiger partial charge in [0.2, 0.25) is 5.91 Å². The summed E-state index contributed by atoms with van der Waals surface area (Å²) in [4.78, 5) is 39.7. The van der Waals surface area contributed by atoms with E-state index in [-0.39, 0.29) is 17.4 Å². The minimum atomic E-state index is -0.511. The van der Waals surface area contributed by atoms with Crippen LogP contribution in [0.4, 0.5) is 11.4 Å². The van der Waals surface area contributed by atoms with Gasteiger partial charge in [-0.3, -0.25) is 14.4 Å². The smallest absolute Gasteiger partial charge is 0.272 e. The molecule has 4 aromatic rings. The van der Waals surface area contributed by atoms with Crippen molar-refractivity contribution in [1.29, 1.82) is 0 Å². The number of rotatable bonds is 12. The molecule has 9 heteroatoms. The van der Waals surface area contributed by atoms with E-state index in [0.717, 1.165) is 4.90 Å². The summed E-state index contributed by atoms with van der Waals surface area (Å²) in [5, 5.41) is 8.45. The molecule has 3 N–H and O–H groups in total. The molecule has 0 heterocycles. The molecule has 214 valence electrons. The molecule has 0 unspecified atom stereocenters. The molecule has 0 atom stereocenters. The first kappa shape index (κ1) is 30.0. The van der Waals surface area contributed by atoms with Crippen LogP contribution in [0.1, 0.15) is 22.8 Å². The van der Waals surface area contributed by atoms with Gasteiger partial charge in [-0.25, -0.2) is 0 Å². The number of anilines is 2. The third-order valence-electron chi connectivity index (χ3n) is 5.86. The van der Waals surface area contributed by atoms with Crippen molar-refractivity contribution < 1.29 is 23.9 Å². The van der Waals surface area contributed by atoms with Crippen molar-refractivity contribution in [2.45, 2.75) is 11.8 Å². The molecule has 0 aromatic heterocycles. The molecule has 0 aliphatic heterocycles. The molecule has 0 fully saturated rings. The Balaban J connectivity index is 1.48. The number of hydrogen-bond donors (Lipinski definition) is 3. The maximum Gasteiger partial charge on any atom is 0.272 e. The van der Waals surface area contributed by atoms with Gasteiger partial charge in [0.15, 0.2) is 0 Å². The fourth-order valence-electron chi connectivity index (χ4n) is 3.89. The molecule has 4 aromatic carbocycles. The maximum absolute atomic E-state index is 13.5. The Bertz CT molecular complexity index is 1570. The van der Waals surface area contributed by atoms with Gasteiger partial charge in [-0.1, -0.05) is 48.5 Å². The van der Waals surface area contributed by atoms with Gasteiger partial charge in [0.25, 0.3) is 11.8 Å². The summed E-state index contributed by atoms with van der Waals surface area (Å²) in [6.45, 7) is 2.32. The van der Waals surface area contributed by atoms with Crippen LogP contribution in [0.25, 0.3) is 6.08 Å². The van der Waals surface area contributed by atoms with Crippen LogP contribution in [0.3, 0.4) is 0 Å². The van der Waals surface area contributed by atoms with Crippen molar-refractivity contribution in [2.24, 2.45) is 0 Å². The number of carbonyl (C=O) groups excluding carboxylic acids is 3. The fraction of sp³-hybridized carbons (Fsp3) is 0.121. The summed E-state index contributed by atoms with van der Waals surface area (Å²) in [5.41, 5.74) is 2.26. The van der Waals surface area contributed by atoms with Gasteiger partial charge in [-0.15, -0.1) is 11.8 Å². The van der Waals surface area contributed by atoms with Crippen LogP contribution < -0.4 is 25.4 Å². The summed E-state index contributed by atoms with van der Waals surface area (Å²) in [6.07, 6.45) is 1.59. The van der Waals surface area contributed by atoms with Crippen molar-refractivity contribution in [3.63, 3.8) is 0 Å². The average Bonchev–Trinajstić information content (AvgIpc) is 3.01. The van der Waals surface area contributed by atoms with E-state index in [4.69, 9.17) is 9.47 Å². The first-order valence-corrected chi connectivity index (χ1v) is 14.2. The molecule has 8 nitrogen and oxygen atoms in total. The van der Waals surface area contributed by atoms with E-state index in [1.165, 1.54) is 11.8 Å². The first-order valence-electron chi connectivity index (χ1n) is 13.2. The number of para-hydroxylation sites is 1. The quantitative estimate of drug-likeness (QED) is 0.135. The highest BCUT2D eigenvalue weighted by molar-refractivity contribution is 8.00. The Morgan fingerprint density at radius 1 is 0.810 bits per heavy atom. The van der Waals surface area contributed by atoms with Crippen molar-refractivity contribution in [3.05, 3.63) is 120 Å². The third-order valence-corrected chi connectivity index (χ3v) is 6.86. The van der Waals surface area contributed by atoms with E-state index in [2.05, 4.69) is 16.0 Å². The number of benzene rings is 4. The Hall–Kier alpha value is -5.02. The lowest BCUT2D eigenvalue weighted by Crippen LogP contribution is -2.30. The predicted octanol–water partition coefficient (Wildman–Crippen LogP) is 6.23. The molecule has 0 bridgehead atoms. The average molecular weight is 582 g/mol. The molecular weight excluding hydrogens is 550 g/mol. The molecule has 0 saturated heterocycles. The standard InChI is InChI=1S/C33H31N3O5S/c1-3-41-30-18-8-7-13-24(30)19-29(36-32(38)23-11-5-4-6-12-23)33(39)35-26-15-10-17-28(21-26)42-22-31(37)34-25-14-9-16-27(20-25)40-2/h4-21H,3,22H2,1-2H3,(H,34,37)(H,35,39)(H,36,38)/b29-19+. The van der Waals surface area contributed by atoms with Crippen LogP contribution >= 0.6 is 11.8 Å². The minimum absolute atomic E-state index is 0.0479. The van der Waals surface area contributed by atoms with Crippen LogP contribution in [0.5, 0.6) is 11.5 Å². The minimum Gasteiger partial charge on any atom is -0.497 e. The maximum atomic E-state index is 13.5. The van der Waals surface area contributed by atoms with Crippen LogP contribution in [0.2, 0.25) is 0 Å². The van der Waals surface area contributed by atoms with E-state index >= 15 is 0 Å². The fourth-order valence-corrected chi connectivity index (χ4v) is 4.65. The Morgan fingerprint density at radius 2 is 1.52 bits per heavy atom. The number of ether oxygens (including phenoxy) is 2. The molecule has 0 spiro atoms. The molecule has 0 aliphatic rings. The Labute approximate surface area is 249 Å². The number of methoxy groups -OCH3 is 1. The highest BCUT2D eigenvalue weighted by Gasteiger charge is 2.16. The summed E-state index contributed by atoms with van der Waals surface area (Å²) in [7, 11) is 1.57. The Kier molecular flexibility index (Phi) is 10.8.